The highest BCUT2D eigenvalue weighted by Gasteiger charge is 1.97. The average molecular weight is 146 g/mol. The van der Waals surface area contributed by atoms with E-state index in [1.165, 1.54) is 6.07 Å². The number of aromatic nitrogens is 1. The van der Waals surface area contributed by atoms with Gasteiger partial charge in [0.15, 0.2) is 0 Å². The lowest BCUT2D eigenvalue weighted by Crippen LogP contribution is -1.85. The zero-order valence-corrected chi connectivity index (χ0v) is 5.61. The van der Waals surface area contributed by atoms with Crippen LogP contribution in [0.15, 0.2) is 12.1 Å². The maximum Gasteiger partial charge on any atom is 0.231 e. The highest BCUT2D eigenvalue weighted by Crippen LogP contribution is 2.10. The molecule has 0 aliphatic rings. The third-order valence-electron chi connectivity index (χ3n) is 0.942. The number of pyridine rings is 1. The molecule has 1 nitrogen and oxygen atoms in total. The minimum absolute atomic E-state index is 0.0700. The fraction of sp³-hybridized carbons (Fsp3) is 0.167. The van der Waals surface area contributed by atoms with Gasteiger partial charge in [-0.1, -0.05) is 11.6 Å². The van der Waals surface area contributed by atoms with Gasteiger partial charge in [0.05, 0.1) is 5.02 Å². The molecule has 0 bridgehead atoms. The number of halogens is 2. The van der Waals surface area contributed by atoms with Crippen molar-refractivity contribution >= 4 is 11.6 Å². The SMILES string of the molecule is Cc1ccc(Cl)c(F)n1. The van der Waals surface area contributed by atoms with Gasteiger partial charge >= 0.3 is 0 Å². The molecule has 0 N–H and O–H groups in total. The van der Waals surface area contributed by atoms with Crippen LogP contribution in [0.1, 0.15) is 5.69 Å². The molecule has 48 valence electrons. The van der Waals surface area contributed by atoms with E-state index in [2.05, 4.69) is 4.98 Å². The Kier molecular flexibility index (Phi) is 1.67. The molecule has 1 rings (SSSR count). The van der Waals surface area contributed by atoms with E-state index in [-0.39, 0.29) is 5.02 Å². The highest BCUT2D eigenvalue weighted by molar-refractivity contribution is 6.30. The standard InChI is InChI=1S/C6H5ClFN/c1-4-2-3-5(7)6(8)9-4/h2-3H,1H3. The van der Waals surface area contributed by atoms with E-state index >= 15 is 0 Å². The first-order valence-electron chi connectivity index (χ1n) is 2.49. The van der Waals surface area contributed by atoms with Crippen LogP contribution in [-0.2, 0) is 0 Å². The van der Waals surface area contributed by atoms with E-state index in [1.807, 2.05) is 0 Å². The van der Waals surface area contributed by atoms with Crippen LogP contribution in [0, 0.1) is 12.9 Å². The molecule has 9 heavy (non-hydrogen) atoms. The highest BCUT2D eigenvalue weighted by atomic mass is 35.5. The molecule has 0 spiro atoms. The lowest BCUT2D eigenvalue weighted by atomic mass is 10.4. The number of hydrogen-bond donors (Lipinski definition) is 0. The minimum Gasteiger partial charge on any atom is -0.224 e. The second-order valence-electron chi connectivity index (χ2n) is 1.73. The number of nitrogens with zero attached hydrogens (tertiary/aromatic N) is 1. The number of aryl methyl sites for hydroxylation is 1. The molecule has 0 aliphatic carbocycles. The van der Waals surface area contributed by atoms with Gasteiger partial charge in [0.2, 0.25) is 5.95 Å². The van der Waals surface area contributed by atoms with Gasteiger partial charge in [-0.2, -0.15) is 4.39 Å². The monoisotopic (exact) mass is 145 g/mol. The van der Waals surface area contributed by atoms with Crippen molar-refractivity contribution in [3.63, 3.8) is 0 Å². The first-order chi connectivity index (χ1) is 4.20. The first-order valence-corrected chi connectivity index (χ1v) is 2.86. The van der Waals surface area contributed by atoms with Crippen LogP contribution in [0.4, 0.5) is 4.39 Å². The molecule has 0 amide bonds. The van der Waals surface area contributed by atoms with Crippen molar-refractivity contribution in [3.05, 3.63) is 28.8 Å². The summed E-state index contributed by atoms with van der Waals surface area (Å²) in [5.41, 5.74) is 0.636. The summed E-state index contributed by atoms with van der Waals surface area (Å²) in [5, 5.41) is 0.0700. The molecule has 0 unspecified atom stereocenters. The topological polar surface area (TPSA) is 12.9 Å². The van der Waals surface area contributed by atoms with Crippen LogP contribution in [0.2, 0.25) is 5.02 Å². The fourth-order valence-electron chi connectivity index (χ4n) is 0.508. The van der Waals surface area contributed by atoms with Crippen molar-refractivity contribution in [2.75, 3.05) is 0 Å². The zero-order chi connectivity index (χ0) is 6.85. The van der Waals surface area contributed by atoms with Crippen LogP contribution in [0.3, 0.4) is 0 Å². The second-order valence-corrected chi connectivity index (χ2v) is 2.13. The summed E-state index contributed by atoms with van der Waals surface area (Å²) in [4.78, 5) is 3.47. The molecule has 0 atom stereocenters. The second kappa shape index (κ2) is 2.31. The van der Waals surface area contributed by atoms with E-state index in [1.54, 1.807) is 13.0 Å². The van der Waals surface area contributed by atoms with Gasteiger partial charge in [-0.05, 0) is 19.1 Å². The third-order valence-corrected chi connectivity index (χ3v) is 1.22. The maximum atomic E-state index is 12.3. The van der Waals surface area contributed by atoms with E-state index in [9.17, 15) is 4.39 Å². The molecule has 1 aromatic heterocycles. The predicted molar refractivity (Wildman–Crippen MR) is 33.9 cm³/mol. The molecule has 0 saturated heterocycles. The van der Waals surface area contributed by atoms with Gasteiger partial charge < -0.3 is 0 Å². The lowest BCUT2D eigenvalue weighted by Gasteiger charge is -1.91. The summed E-state index contributed by atoms with van der Waals surface area (Å²) >= 11 is 5.34. The Balaban J connectivity index is 3.17. The number of hydrogen-bond acceptors (Lipinski definition) is 1. The fourth-order valence-corrected chi connectivity index (χ4v) is 0.613. The van der Waals surface area contributed by atoms with Crippen LogP contribution < -0.4 is 0 Å². The molecule has 0 saturated carbocycles. The van der Waals surface area contributed by atoms with Crippen molar-refractivity contribution in [2.24, 2.45) is 0 Å². The molecule has 0 aromatic carbocycles. The third kappa shape index (κ3) is 1.39. The molecule has 1 heterocycles. The normalized spacial score (nSPS) is 9.67. The zero-order valence-electron chi connectivity index (χ0n) is 4.86. The molecule has 0 fully saturated rings. The summed E-state index contributed by atoms with van der Waals surface area (Å²) in [5.74, 6) is -0.600. The Hall–Kier alpha value is -0.630. The van der Waals surface area contributed by atoms with Gasteiger partial charge in [0.1, 0.15) is 0 Å². The van der Waals surface area contributed by atoms with Gasteiger partial charge in [0, 0.05) is 5.69 Å². The quantitative estimate of drug-likeness (QED) is 0.510. The summed E-state index contributed by atoms with van der Waals surface area (Å²) in [6, 6.07) is 3.14. The molecule has 0 aliphatic heterocycles. The maximum absolute atomic E-state index is 12.3. The van der Waals surface area contributed by atoms with Gasteiger partial charge in [-0.25, -0.2) is 4.98 Å². The van der Waals surface area contributed by atoms with E-state index in [0.29, 0.717) is 5.69 Å². The Morgan fingerprint density at radius 2 is 2.22 bits per heavy atom. The van der Waals surface area contributed by atoms with E-state index < -0.39 is 5.95 Å². The van der Waals surface area contributed by atoms with Crippen molar-refractivity contribution < 1.29 is 4.39 Å². The predicted octanol–water partition coefficient (Wildman–Crippen LogP) is 2.18. The van der Waals surface area contributed by atoms with Gasteiger partial charge in [0.25, 0.3) is 0 Å². The largest absolute Gasteiger partial charge is 0.231 e. The lowest BCUT2D eigenvalue weighted by molar-refractivity contribution is 0.580. The van der Waals surface area contributed by atoms with Crippen LogP contribution >= 0.6 is 11.6 Å². The molecule has 3 heteroatoms. The summed E-state index contributed by atoms with van der Waals surface area (Å²) < 4.78 is 12.3. The minimum atomic E-state index is -0.600. The van der Waals surface area contributed by atoms with Crippen molar-refractivity contribution in [3.8, 4) is 0 Å². The summed E-state index contributed by atoms with van der Waals surface area (Å²) in [7, 11) is 0. The Morgan fingerprint density at radius 3 is 2.67 bits per heavy atom. The van der Waals surface area contributed by atoms with Gasteiger partial charge in [-0.3, -0.25) is 0 Å². The number of rotatable bonds is 0. The smallest absolute Gasteiger partial charge is 0.224 e. The summed E-state index contributed by atoms with van der Waals surface area (Å²) in [6.45, 7) is 1.71. The van der Waals surface area contributed by atoms with E-state index in [4.69, 9.17) is 11.6 Å². The van der Waals surface area contributed by atoms with Gasteiger partial charge in [-0.15, -0.1) is 0 Å². The van der Waals surface area contributed by atoms with Crippen molar-refractivity contribution in [2.45, 2.75) is 6.92 Å². The molecular formula is C6H5ClFN. The van der Waals surface area contributed by atoms with Crippen molar-refractivity contribution in [1.82, 2.24) is 4.98 Å². The van der Waals surface area contributed by atoms with Crippen molar-refractivity contribution in [1.29, 1.82) is 0 Å². The van der Waals surface area contributed by atoms with E-state index in [0.717, 1.165) is 0 Å². The Morgan fingerprint density at radius 1 is 1.56 bits per heavy atom. The van der Waals surface area contributed by atoms with Crippen LogP contribution in [-0.4, -0.2) is 4.98 Å². The molecule has 0 radical (unpaired) electrons. The average Bonchev–Trinajstić information content (AvgIpc) is 1.80. The molecule has 1 aromatic rings. The van der Waals surface area contributed by atoms with Crippen LogP contribution in [0.5, 0.6) is 0 Å². The van der Waals surface area contributed by atoms with Crippen LogP contribution in [0.25, 0.3) is 0 Å². The first kappa shape index (κ1) is 6.49. The molecular weight excluding hydrogens is 141 g/mol. The Bertz CT molecular complexity index is 224. The summed E-state index contributed by atoms with van der Waals surface area (Å²) in [6.07, 6.45) is 0. The Labute approximate surface area is 57.5 Å².